The Bertz CT molecular complexity index is 968. The molecule has 150 valence electrons. The number of nitrogens with one attached hydrogen (secondary N) is 1. The number of amides is 1. The highest BCUT2D eigenvalue weighted by Gasteiger charge is 2.13. The Balaban J connectivity index is 1.30. The van der Waals surface area contributed by atoms with Gasteiger partial charge in [-0.25, -0.2) is 14.4 Å². The molecule has 1 aromatic carbocycles. The van der Waals surface area contributed by atoms with Crippen LogP contribution in [0.5, 0.6) is 0 Å². The summed E-state index contributed by atoms with van der Waals surface area (Å²) in [5.74, 6) is 0.654. The van der Waals surface area contributed by atoms with Crippen molar-refractivity contribution in [1.82, 2.24) is 9.97 Å². The molecule has 0 spiro atoms. The number of aryl methyl sites for hydroxylation is 1. The molecule has 1 amide bonds. The second-order valence-corrected chi connectivity index (χ2v) is 6.65. The average Bonchev–Trinajstić information content (AvgIpc) is 3.23. The number of benzene rings is 1. The van der Waals surface area contributed by atoms with E-state index in [1.54, 1.807) is 30.5 Å². The van der Waals surface area contributed by atoms with Crippen LogP contribution in [0.2, 0.25) is 0 Å². The number of pyridine rings is 1. The number of rotatable bonds is 6. The second-order valence-electron chi connectivity index (χ2n) is 6.65. The Morgan fingerprint density at radius 3 is 2.69 bits per heavy atom. The van der Waals surface area contributed by atoms with Gasteiger partial charge < -0.3 is 19.4 Å². The Morgan fingerprint density at radius 1 is 1.10 bits per heavy atom. The van der Waals surface area contributed by atoms with E-state index < -0.39 is 0 Å². The summed E-state index contributed by atoms with van der Waals surface area (Å²) in [6.07, 6.45) is 3.71. The van der Waals surface area contributed by atoms with Crippen molar-refractivity contribution in [1.29, 1.82) is 0 Å². The topological polar surface area (TPSA) is 80.5 Å². The van der Waals surface area contributed by atoms with Gasteiger partial charge in [-0.3, -0.25) is 4.79 Å². The largest absolute Gasteiger partial charge is 0.441 e. The Kier molecular flexibility index (Phi) is 5.81. The summed E-state index contributed by atoms with van der Waals surface area (Å²) < 4.78 is 24.7. The molecular weight excluding hydrogens is 375 g/mol. The van der Waals surface area contributed by atoms with Crippen molar-refractivity contribution >= 4 is 17.4 Å². The first kappa shape index (κ1) is 19.1. The van der Waals surface area contributed by atoms with Crippen LogP contribution in [0.4, 0.5) is 15.9 Å². The van der Waals surface area contributed by atoms with Gasteiger partial charge in [0.25, 0.3) is 0 Å². The number of carbonyl (C=O) groups is 1. The molecule has 0 bridgehead atoms. The molecule has 29 heavy (non-hydrogen) atoms. The number of ether oxygens (including phenoxy) is 1. The van der Waals surface area contributed by atoms with Gasteiger partial charge in [-0.2, -0.15) is 0 Å². The molecule has 0 saturated carbocycles. The van der Waals surface area contributed by atoms with Crippen molar-refractivity contribution in [3.63, 3.8) is 0 Å². The Morgan fingerprint density at radius 2 is 1.93 bits per heavy atom. The van der Waals surface area contributed by atoms with Crippen LogP contribution in [0.15, 0.2) is 53.2 Å². The third-order valence-corrected chi connectivity index (χ3v) is 4.65. The van der Waals surface area contributed by atoms with Gasteiger partial charge in [0, 0.05) is 25.9 Å². The number of morpholine rings is 1. The lowest BCUT2D eigenvalue weighted by Gasteiger charge is -2.28. The number of hydrogen-bond donors (Lipinski definition) is 1. The molecule has 1 N–H and O–H groups in total. The number of anilines is 2. The van der Waals surface area contributed by atoms with Gasteiger partial charge in [0.2, 0.25) is 5.91 Å². The highest BCUT2D eigenvalue weighted by atomic mass is 19.1. The molecule has 3 heterocycles. The zero-order valence-corrected chi connectivity index (χ0v) is 15.8. The van der Waals surface area contributed by atoms with E-state index >= 15 is 0 Å². The molecule has 3 aromatic rings. The third kappa shape index (κ3) is 4.78. The first-order chi connectivity index (χ1) is 14.2. The standard InChI is InChI=1S/C21H21FN4O3/c22-17-4-2-1-3-16(17)18-14-24-21(29-18)8-7-20(27)25-19-6-5-15(13-23-19)26-9-11-28-12-10-26/h1-6,13-14H,7-12H2,(H,23,25,27). The molecule has 0 unspecified atom stereocenters. The molecule has 7 nitrogen and oxygen atoms in total. The second kappa shape index (κ2) is 8.83. The van der Waals surface area contributed by atoms with Gasteiger partial charge in [-0.1, -0.05) is 12.1 Å². The zero-order valence-electron chi connectivity index (χ0n) is 15.8. The van der Waals surface area contributed by atoms with E-state index in [1.165, 1.54) is 12.3 Å². The quantitative estimate of drug-likeness (QED) is 0.689. The maximum Gasteiger partial charge on any atom is 0.226 e. The maximum absolute atomic E-state index is 13.8. The maximum atomic E-state index is 13.8. The van der Waals surface area contributed by atoms with Crippen LogP contribution < -0.4 is 10.2 Å². The monoisotopic (exact) mass is 396 g/mol. The summed E-state index contributed by atoms with van der Waals surface area (Å²) in [7, 11) is 0. The van der Waals surface area contributed by atoms with E-state index in [1.807, 2.05) is 6.07 Å². The van der Waals surface area contributed by atoms with E-state index in [0.29, 0.717) is 42.7 Å². The van der Waals surface area contributed by atoms with Crippen LogP contribution >= 0.6 is 0 Å². The Hall–Kier alpha value is -3.26. The lowest BCUT2D eigenvalue weighted by Crippen LogP contribution is -2.36. The van der Waals surface area contributed by atoms with E-state index in [-0.39, 0.29) is 18.1 Å². The summed E-state index contributed by atoms with van der Waals surface area (Å²) >= 11 is 0. The number of carbonyl (C=O) groups excluding carboxylic acids is 1. The van der Waals surface area contributed by atoms with Gasteiger partial charge in [0.05, 0.1) is 36.9 Å². The fourth-order valence-corrected chi connectivity index (χ4v) is 3.11. The van der Waals surface area contributed by atoms with Gasteiger partial charge in [0.1, 0.15) is 11.6 Å². The highest BCUT2D eigenvalue weighted by Crippen LogP contribution is 2.23. The van der Waals surface area contributed by atoms with Crippen LogP contribution in [0, 0.1) is 5.82 Å². The van der Waals surface area contributed by atoms with Crippen LogP contribution in [-0.2, 0) is 16.0 Å². The number of aromatic nitrogens is 2. The molecule has 0 atom stereocenters. The van der Waals surface area contributed by atoms with E-state index in [4.69, 9.17) is 9.15 Å². The number of oxazole rings is 1. The number of halogens is 1. The molecule has 4 rings (SSSR count). The highest BCUT2D eigenvalue weighted by molar-refractivity contribution is 5.89. The minimum absolute atomic E-state index is 0.185. The van der Waals surface area contributed by atoms with Crippen molar-refractivity contribution in [2.45, 2.75) is 12.8 Å². The minimum atomic E-state index is -0.375. The van der Waals surface area contributed by atoms with Crippen molar-refractivity contribution in [2.75, 3.05) is 36.5 Å². The molecule has 1 fully saturated rings. The van der Waals surface area contributed by atoms with Crippen LogP contribution in [0.3, 0.4) is 0 Å². The molecule has 0 aliphatic carbocycles. The van der Waals surface area contributed by atoms with E-state index in [2.05, 4.69) is 20.2 Å². The summed E-state index contributed by atoms with van der Waals surface area (Å²) in [5, 5.41) is 2.77. The predicted molar refractivity (Wildman–Crippen MR) is 106 cm³/mol. The molecule has 1 saturated heterocycles. The van der Waals surface area contributed by atoms with Crippen molar-refractivity contribution in [2.24, 2.45) is 0 Å². The van der Waals surface area contributed by atoms with Gasteiger partial charge >= 0.3 is 0 Å². The lowest BCUT2D eigenvalue weighted by molar-refractivity contribution is -0.116. The summed E-state index contributed by atoms with van der Waals surface area (Å²) in [6, 6.07) is 10.0. The van der Waals surface area contributed by atoms with Gasteiger partial charge in [0.15, 0.2) is 11.7 Å². The van der Waals surface area contributed by atoms with Crippen molar-refractivity contribution in [3.05, 3.63) is 60.5 Å². The first-order valence-electron chi connectivity index (χ1n) is 9.47. The zero-order chi connectivity index (χ0) is 20.1. The first-order valence-corrected chi connectivity index (χ1v) is 9.47. The summed E-state index contributed by atoms with van der Waals surface area (Å²) in [5.41, 5.74) is 1.35. The molecule has 0 radical (unpaired) electrons. The summed E-state index contributed by atoms with van der Waals surface area (Å²) in [6.45, 7) is 3.08. The van der Waals surface area contributed by atoms with Gasteiger partial charge in [-0.05, 0) is 24.3 Å². The predicted octanol–water partition coefficient (Wildman–Crippen LogP) is 3.28. The Labute approximate surface area is 167 Å². The van der Waals surface area contributed by atoms with E-state index in [0.717, 1.165) is 18.8 Å². The average molecular weight is 396 g/mol. The third-order valence-electron chi connectivity index (χ3n) is 4.65. The van der Waals surface area contributed by atoms with Crippen LogP contribution in [-0.4, -0.2) is 42.2 Å². The fourth-order valence-electron chi connectivity index (χ4n) is 3.11. The van der Waals surface area contributed by atoms with Crippen molar-refractivity contribution < 1.29 is 18.3 Å². The SMILES string of the molecule is O=C(CCc1ncc(-c2ccccc2F)o1)Nc1ccc(N2CCOCC2)cn1. The van der Waals surface area contributed by atoms with Crippen LogP contribution in [0.25, 0.3) is 11.3 Å². The van der Waals surface area contributed by atoms with E-state index in [9.17, 15) is 9.18 Å². The number of nitrogens with zero attached hydrogens (tertiary/aromatic N) is 3. The minimum Gasteiger partial charge on any atom is -0.441 e. The van der Waals surface area contributed by atoms with Crippen molar-refractivity contribution in [3.8, 4) is 11.3 Å². The normalized spacial score (nSPS) is 14.0. The molecule has 8 heteroatoms. The number of hydrogen-bond acceptors (Lipinski definition) is 6. The molecule has 1 aliphatic heterocycles. The lowest BCUT2D eigenvalue weighted by atomic mass is 10.2. The molecule has 1 aliphatic rings. The summed E-state index contributed by atoms with van der Waals surface area (Å²) in [4.78, 5) is 22.8. The van der Waals surface area contributed by atoms with Gasteiger partial charge in [-0.15, -0.1) is 0 Å². The van der Waals surface area contributed by atoms with Crippen LogP contribution in [0.1, 0.15) is 12.3 Å². The smallest absolute Gasteiger partial charge is 0.226 e. The molecule has 2 aromatic heterocycles. The molecular formula is C21H21FN4O3. The fraction of sp³-hybridized carbons (Fsp3) is 0.286.